The number of allylic oxidation sites excluding steroid dienone is 1. The van der Waals surface area contributed by atoms with E-state index in [1.807, 2.05) is 0 Å². The molecule has 3 heterocycles. The molecule has 18 heteroatoms. The fourth-order valence-corrected chi connectivity index (χ4v) is 3.91. The summed E-state index contributed by atoms with van der Waals surface area (Å²) in [7, 11) is -5.01. The Balaban J connectivity index is 0.00000481. The molecule has 2 aliphatic rings. The Bertz CT molecular complexity index is 1100. The van der Waals surface area contributed by atoms with E-state index >= 15 is 0 Å². The number of hydrogen-bond acceptors (Lipinski definition) is 14. The number of rotatable bonds is 10. The van der Waals surface area contributed by atoms with E-state index < -0.39 is 57.0 Å². The minimum Gasteiger partial charge on any atom is -0.746 e. The van der Waals surface area contributed by atoms with Crippen LogP contribution in [0.5, 0.6) is 0 Å². The number of nitrogens with zero attached hydrogens (tertiary/aromatic N) is 2. The maximum absolute atomic E-state index is 12.2. The minimum absolute atomic E-state index is 0. The van der Waals surface area contributed by atoms with Crippen LogP contribution in [0.4, 0.5) is 5.82 Å². The van der Waals surface area contributed by atoms with Gasteiger partial charge in [0.1, 0.15) is 36.4 Å². The molecular weight excluding hydrogens is 530 g/mol. The first-order valence-electron chi connectivity index (χ1n) is 10.6. The average molecular weight is 556 g/mol. The van der Waals surface area contributed by atoms with E-state index in [-0.39, 0.29) is 60.3 Å². The third kappa shape index (κ3) is 8.59. The number of ether oxygens (including phenoxy) is 3. The maximum Gasteiger partial charge on any atom is 1.00 e. The Kier molecular flexibility index (Phi) is 11.7. The summed E-state index contributed by atoms with van der Waals surface area (Å²) in [4.78, 5) is 39.0. The number of anilines is 1. The van der Waals surface area contributed by atoms with Crippen molar-refractivity contribution in [1.82, 2.24) is 14.9 Å². The first-order chi connectivity index (χ1) is 17.0. The molecule has 16 nitrogen and oxygen atoms in total. The number of carbonyl (C=O) groups is 1. The largest absolute Gasteiger partial charge is 1.00 e. The predicted octanol–water partition coefficient (Wildman–Crippen LogP) is -5.78. The number of aliphatic hydroxyl groups is 3. The summed E-state index contributed by atoms with van der Waals surface area (Å²) in [5.41, 5.74) is 4.57. The molecule has 0 aliphatic carbocycles. The van der Waals surface area contributed by atoms with Gasteiger partial charge in [-0.25, -0.2) is 4.79 Å². The molecule has 37 heavy (non-hydrogen) atoms. The third-order valence-electron chi connectivity index (χ3n) is 4.91. The van der Waals surface area contributed by atoms with Crippen molar-refractivity contribution in [3.05, 3.63) is 46.9 Å². The van der Waals surface area contributed by atoms with Gasteiger partial charge in [0.15, 0.2) is 12.0 Å². The number of aliphatic hydroxyl groups excluding tert-OH is 3. The fraction of sp³-hybridized carbons (Fsp3) is 0.526. The summed E-state index contributed by atoms with van der Waals surface area (Å²) < 4.78 is 38.6. The van der Waals surface area contributed by atoms with Gasteiger partial charge in [-0.1, -0.05) is 6.08 Å². The van der Waals surface area contributed by atoms with Crippen molar-refractivity contribution in [2.75, 3.05) is 25.6 Å². The van der Waals surface area contributed by atoms with Gasteiger partial charge >= 0.3 is 43.1 Å². The van der Waals surface area contributed by atoms with Gasteiger partial charge in [0.2, 0.25) is 12.2 Å². The fourth-order valence-electron chi connectivity index (χ4n) is 3.29. The number of carbonyl (C=O) groups excluding carboxylic acids is 1. The maximum atomic E-state index is 12.2. The van der Waals surface area contributed by atoms with Gasteiger partial charge in [0.25, 0.3) is 0 Å². The first-order valence-corrected chi connectivity index (χ1v) is 12.0. The Morgan fingerprint density at radius 2 is 2.14 bits per heavy atom. The van der Waals surface area contributed by atoms with Crippen molar-refractivity contribution in [2.45, 2.75) is 43.8 Å². The smallest absolute Gasteiger partial charge is 0.746 e. The van der Waals surface area contributed by atoms with E-state index in [1.54, 1.807) is 0 Å². The summed E-state index contributed by atoms with van der Waals surface area (Å²) in [6.07, 6.45) is -2.26. The quantitative estimate of drug-likeness (QED) is 0.103. The van der Waals surface area contributed by atoms with Crippen LogP contribution < -0.4 is 51.2 Å². The Hall–Kier alpha value is -1.82. The molecule has 0 bridgehead atoms. The predicted molar refractivity (Wildman–Crippen MR) is 116 cm³/mol. The number of amides is 1. The molecule has 1 fully saturated rings. The molecule has 0 saturated carbocycles. The molecular formula is C19H26N4NaO12P. The molecule has 3 rings (SSSR count). The zero-order valence-corrected chi connectivity index (χ0v) is 22.8. The molecule has 0 spiro atoms. The molecule has 2 aliphatic heterocycles. The normalized spacial score (nSPS) is 29.7. The number of phosphoric acid groups is 1. The van der Waals surface area contributed by atoms with Gasteiger partial charge in [-0.05, 0) is 12.1 Å². The van der Waals surface area contributed by atoms with E-state index in [4.69, 9.17) is 29.6 Å². The molecule has 6 N–H and O–H groups in total. The van der Waals surface area contributed by atoms with E-state index in [0.29, 0.717) is 6.26 Å². The summed E-state index contributed by atoms with van der Waals surface area (Å²) >= 11 is 0. The molecule has 1 aromatic rings. The van der Waals surface area contributed by atoms with E-state index in [2.05, 4.69) is 14.8 Å². The first kappa shape index (κ1) is 31.4. The van der Waals surface area contributed by atoms with Gasteiger partial charge in [0.05, 0.1) is 19.8 Å². The summed E-state index contributed by atoms with van der Waals surface area (Å²) in [5, 5.41) is 31.9. The topological polar surface area (TPSA) is 237 Å². The van der Waals surface area contributed by atoms with Gasteiger partial charge < -0.3 is 54.5 Å². The van der Waals surface area contributed by atoms with Crippen molar-refractivity contribution in [3.63, 3.8) is 0 Å². The second-order valence-corrected chi connectivity index (χ2v) is 8.99. The molecule has 1 aromatic heterocycles. The number of nitrogens with two attached hydrogens (primary N) is 1. The second kappa shape index (κ2) is 13.8. The van der Waals surface area contributed by atoms with E-state index in [1.165, 1.54) is 31.3 Å². The van der Waals surface area contributed by atoms with Gasteiger partial charge in [0, 0.05) is 13.1 Å². The van der Waals surface area contributed by atoms with Gasteiger partial charge in [-0.3, -0.25) is 13.9 Å². The Morgan fingerprint density at radius 1 is 1.41 bits per heavy atom. The number of hydrogen-bond donors (Lipinski definition) is 5. The summed E-state index contributed by atoms with van der Waals surface area (Å²) in [6.45, 7) is 0.109. The van der Waals surface area contributed by atoms with Crippen LogP contribution in [0.25, 0.3) is 0 Å². The SMILES string of the molecule is CC(=O)N[C@@H]1C=C/C(=C/OP(=O)([O-])OC[C@H]2O[C@@H](n3ccc(N)nc3=O)[C@H](O)[C@@H]2O)O[C@H]1OCCO.[Na+]. The molecule has 0 aromatic carbocycles. The zero-order chi connectivity index (χ0) is 26.5. The average Bonchev–Trinajstić information content (AvgIpc) is 3.09. The molecule has 1 saturated heterocycles. The van der Waals surface area contributed by atoms with Crippen LogP contribution in [-0.4, -0.2) is 81.2 Å². The second-order valence-electron chi connectivity index (χ2n) is 7.62. The number of nitrogens with one attached hydrogen (secondary N) is 1. The minimum atomic E-state index is -5.01. The van der Waals surface area contributed by atoms with Crippen molar-refractivity contribution in [2.24, 2.45) is 0 Å². The van der Waals surface area contributed by atoms with Crippen molar-refractivity contribution in [3.8, 4) is 0 Å². The Labute approximate surface area is 232 Å². The van der Waals surface area contributed by atoms with Crippen LogP contribution in [0.2, 0.25) is 0 Å². The van der Waals surface area contributed by atoms with E-state index in [0.717, 1.165) is 4.57 Å². The number of aromatic nitrogens is 2. The molecule has 0 radical (unpaired) electrons. The zero-order valence-electron chi connectivity index (χ0n) is 19.9. The van der Waals surface area contributed by atoms with Crippen LogP contribution in [0.3, 0.4) is 0 Å². The third-order valence-corrected chi connectivity index (χ3v) is 5.74. The van der Waals surface area contributed by atoms with Crippen LogP contribution in [0, 0.1) is 0 Å². The molecule has 1 unspecified atom stereocenters. The molecule has 1 amide bonds. The van der Waals surface area contributed by atoms with E-state index in [9.17, 15) is 29.3 Å². The van der Waals surface area contributed by atoms with Crippen molar-refractivity contribution < 1.29 is 82.4 Å². The number of nitrogen functional groups attached to an aromatic ring is 1. The number of phosphoric ester groups is 1. The molecule has 7 atom stereocenters. The van der Waals surface area contributed by atoms with Gasteiger partial charge in [-0.2, -0.15) is 4.98 Å². The van der Waals surface area contributed by atoms with Crippen LogP contribution in [0.1, 0.15) is 13.2 Å². The van der Waals surface area contributed by atoms with Crippen LogP contribution in [0.15, 0.2) is 41.2 Å². The van der Waals surface area contributed by atoms with Crippen LogP contribution >= 0.6 is 7.82 Å². The standard InChI is InChI=1S/C19H27N4O12P.Na/c1-10(25)21-12-3-2-11(34-18(12)31-7-6-24)8-32-36(29,30)33-9-13-15(26)16(27)17(35-13)23-5-4-14(20)22-19(23)28;/h2-5,8,12-13,15-18,24,26-27H,6-7,9H2,1H3,(H,21,25)(H,29,30)(H2,20,22,28);/q;+1/p-1/b11-8-;/t12-,13-,15-,16-,17-,18-;/m1./s1. The van der Waals surface area contributed by atoms with Crippen molar-refractivity contribution in [1.29, 1.82) is 0 Å². The summed E-state index contributed by atoms with van der Waals surface area (Å²) in [5.74, 6) is -0.522. The van der Waals surface area contributed by atoms with Gasteiger partial charge in [-0.15, -0.1) is 0 Å². The Morgan fingerprint density at radius 3 is 2.78 bits per heavy atom. The van der Waals surface area contributed by atoms with Crippen LogP contribution in [-0.2, 0) is 32.6 Å². The van der Waals surface area contributed by atoms with Crippen molar-refractivity contribution >= 4 is 19.5 Å². The monoisotopic (exact) mass is 556 g/mol. The summed E-state index contributed by atoms with van der Waals surface area (Å²) in [6, 6.07) is 0.575. The molecule has 200 valence electrons.